The smallest absolute Gasteiger partial charge is 0.315 e. The maximum atomic E-state index is 12.2. The minimum atomic E-state index is -0.296. The van der Waals surface area contributed by atoms with E-state index in [9.17, 15) is 9.59 Å². The van der Waals surface area contributed by atoms with Gasteiger partial charge in [0, 0.05) is 25.2 Å². The summed E-state index contributed by atoms with van der Waals surface area (Å²) >= 11 is 0. The first-order valence-corrected chi connectivity index (χ1v) is 8.47. The van der Waals surface area contributed by atoms with Crippen molar-refractivity contribution in [3.8, 4) is 11.5 Å². The summed E-state index contributed by atoms with van der Waals surface area (Å²) in [7, 11) is 0. The molecule has 134 valence electrons. The van der Waals surface area contributed by atoms with Crippen LogP contribution in [0.25, 0.3) is 0 Å². The van der Waals surface area contributed by atoms with E-state index >= 15 is 0 Å². The molecule has 1 atom stereocenters. The fourth-order valence-electron chi connectivity index (χ4n) is 3.13. The maximum absolute atomic E-state index is 12.2. The van der Waals surface area contributed by atoms with E-state index in [4.69, 9.17) is 9.47 Å². The Balaban J connectivity index is 1.29. The van der Waals surface area contributed by atoms with Gasteiger partial charge >= 0.3 is 6.03 Å². The molecule has 2 heterocycles. The number of benzene rings is 2. The van der Waals surface area contributed by atoms with Crippen LogP contribution < -0.4 is 25.0 Å². The standard InChI is InChI=1S/C19H19N3O4/c23-18-9-14(11-22(18)15-4-2-1-3-5-15)21-19(24)20-10-13-6-7-16-17(8-13)26-12-25-16/h1-8,14H,9-12H2,(H2,20,21,24)/t14-/m0/s1. The quantitative estimate of drug-likeness (QED) is 0.881. The van der Waals surface area contributed by atoms with Gasteiger partial charge in [0.1, 0.15) is 0 Å². The average Bonchev–Trinajstić information content (AvgIpc) is 3.26. The Kier molecular flexibility index (Phi) is 4.35. The Morgan fingerprint density at radius 1 is 1.12 bits per heavy atom. The van der Waals surface area contributed by atoms with Crippen LogP contribution in [0.5, 0.6) is 11.5 Å². The van der Waals surface area contributed by atoms with Crippen molar-refractivity contribution in [2.75, 3.05) is 18.2 Å². The second kappa shape index (κ2) is 6.95. The van der Waals surface area contributed by atoms with Crippen LogP contribution in [0.2, 0.25) is 0 Å². The van der Waals surface area contributed by atoms with Gasteiger partial charge in [-0.05, 0) is 29.8 Å². The lowest BCUT2D eigenvalue weighted by molar-refractivity contribution is -0.117. The van der Waals surface area contributed by atoms with Gasteiger partial charge in [0.2, 0.25) is 12.7 Å². The average molecular weight is 353 g/mol. The molecule has 7 heteroatoms. The molecule has 2 aliphatic heterocycles. The predicted octanol–water partition coefficient (Wildman–Crippen LogP) is 2.02. The monoisotopic (exact) mass is 353 g/mol. The molecule has 2 aromatic carbocycles. The van der Waals surface area contributed by atoms with Crippen molar-refractivity contribution in [1.82, 2.24) is 10.6 Å². The van der Waals surface area contributed by atoms with Crippen LogP contribution in [0, 0.1) is 0 Å². The van der Waals surface area contributed by atoms with Gasteiger partial charge in [-0.15, -0.1) is 0 Å². The summed E-state index contributed by atoms with van der Waals surface area (Å²) in [5.41, 5.74) is 1.76. The number of ether oxygens (including phenoxy) is 2. The highest BCUT2D eigenvalue weighted by Gasteiger charge is 2.31. The van der Waals surface area contributed by atoms with E-state index < -0.39 is 0 Å². The SMILES string of the molecule is O=C(NCc1ccc2c(c1)OCO2)N[C@H]1CC(=O)N(c2ccccc2)C1. The number of fused-ring (bicyclic) bond motifs is 1. The highest BCUT2D eigenvalue weighted by Crippen LogP contribution is 2.32. The third-order valence-electron chi connectivity index (χ3n) is 4.42. The van der Waals surface area contributed by atoms with Gasteiger partial charge in [-0.2, -0.15) is 0 Å². The minimum absolute atomic E-state index is 0.0114. The first-order valence-electron chi connectivity index (χ1n) is 8.47. The number of para-hydroxylation sites is 1. The lowest BCUT2D eigenvalue weighted by atomic mass is 10.2. The number of anilines is 1. The van der Waals surface area contributed by atoms with E-state index in [0.717, 1.165) is 11.3 Å². The number of urea groups is 1. The number of carbonyl (C=O) groups is 2. The number of carbonyl (C=O) groups excluding carboxylic acids is 2. The van der Waals surface area contributed by atoms with Crippen LogP contribution in [0.15, 0.2) is 48.5 Å². The van der Waals surface area contributed by atoms with E-state index in [1.54, 1.807) is 4.90 Å². The molecule has 0 unspecified atom stereocenters. The van der Waals surface area contributed by atoms with Gasteiger partial charge in [-0.1, -0.05) is 24.3 Å². The zero-order valence-corrected chi connectivity index (χ0v) is 14.1. The van der Waals surface area contributed by atoms with Crippen LogP contribution in [0.1, 0.15) is 12.0 Å². The van der Waals surface area contributed by atoms with Gasteiger partial charge in [0.15, 0.2) is 11.5 Å². The molecule has 0 saturated carbocycles. The summed E-state index contributed by atoms with van der Waals surface area (Å²) < 4.78 is 10.6. The minimum Gasteiger partial charge on any atom is -0.454 e. The molecule has 0 aromatic heterocycles. The van der Waals surface area contributed by atoms with Crippen LogP contribution in [0.3, 0.4) is 0 Å². The molecular weight excluding hydrogens is 334 g/mol. The third kappa shape index (κ3) is 3.42. The van der Waals surface area contributed by atoms with Crippen LogP contribution in [-0.2, 0) is 11.3 Å². The molecule has 0 radical (unpaired) electrons. The summed E-state index contributed by atoms with van der Waals surface area (Å²) in [6.45, 7) is 1.06. The molecule has 0 aliphatic carbocycles. The first-order chi connectivity index (χ1) is 12.7. The Bertz CT molecular complexity index is 825. The number of amides is 3. The maximum Gasteiger partial charge on any atom is 0.315 e. The van der Waals surface area contributed by atoms with Crippen LogP contribution in [0.4, 0.5) is 10.5 Å². The van der Waals surface area contributed by atoms with Gasteiger partial charge in [0.05, 0.1) is 6.04 Å². The summed E-state index contributed by atoms with van der Waals surface area (Å²) in [4.78, 5) is 26.0. The topological polar surface area (TPSA) is 79.9 Å². The molecule has 1 saturated heterocycles. The van der Waals surface area contributed by atoms with Crippen LogP contribution >= 0.6 is 0 Å². The molecular formula is C19H19N3O4. The number of hydrogen-bond acceptors (Lipinski definition) is 4. The highest BCUT2D eigenvalue weighted by atomic mass is 16.7. The summed E-state index contributed by atoms with van der Waals surface area (Å²) in [5.74, 6) is 1.41. The van der Waals surface area contributed by atoms with Crippen molar-refractivity contribution in [1.29, 1.82) is 0 Å². The van der Waals surface area contributed by atoms with Crippen LogP contribution in [-0.4, -0.2) is 31.3 Å². The molecule has 2 aliphatic rings. The van der Waals surface area contributed by atoms with Gasteiger partial charge in [0.25, 0.3) is 0 Å². The van der Waals surface area contributed by atoms with Crippen molar-refractivity contribution in [3.05, 3.63) is 54.1 Å². The molecule has 0 spiro atoms. The molecule has 3 amide bonds. The van der Waals surface area contributed by atoms with E-state index in [1.165, 1.54) is 0 Å². The fraction of sp³-hybridized carbons (Fsp3) is 0.263. The fourth-order valence-corrected chi connectivity index (χ4v) is 3.13. The number of hydrogen-bond donors (Lipinski definition) is 2. The highest BCUT2D eigenvalue weighted by molar-refractivity contribution is 5.96. The zero-order valence-electron chi connectivity index (χ0n) is 14.1. The first kappa shape index (κ1) is 16.3. The number of nitrogens with one attached hydrogen (secondary N) is 2. The Morgan fingerprint density at radius 2 is 1.92 bits per heavy atom. The van der Waals surface area contributed by atoms with E-state index in [-0.39, 0.29) is 24.8 Å². The summed E-state index contributed by atoms with van der Waals surface area (Å²) in [6, 6.07) is 14.5. The van der Waals surface area contributed by atoms with Gasteiger partial charge in [-0.25, -0.2) is 4.79 Å². The Hall–Kier alpha value is -3.22. The molecule has 1 fully saturated rings. The van der Waals surface area contributed by atoms with Crippen molar-refractivity contribution in [2.24, 2.45) is 0 Å². The number of rotatable bonds is 4. The predicted molar refractivity (Wildman–Crippen MR) is 95.1 cm³/mol. The normalized spacial score (nSPS) is 18.1. The lowest BCUT2D eigenvalue weighted by Crippen LogP contribution is -2.43. The third-order valence-corrected chi connectivity index (χ3v) is 4.42. The second-order valence-electron chi connectivity index (χ2n) is 6.26. The zero-order chi connectivity index (χ0) is 17.9. The van der Waals surface area contributed by atoms with Crippen molar-refractivity contribution < 1.29 is 19.1 Å². The number of nitrogens with zero attached hydrogens (tertiary/aromatic N) is 1. The summed E-state index contributed by atoms with van der Waals surface area (Å²) in [6.07, 6.45) is 0.298. The Morgan fingerprint density at radius 3 is 2.77 bits per heavy atom. The van der Waals surface area contributed by atoms with E-state index in [2.05, 4.69) is 10.6 Å². The summed E-state index contributed by atoms with van der Waals surface area (Å²) in [5, 5.41) is 5.67. The lowest BCUT2D eigenvalue weighted by Gasteiger charge is -2.17. The molecule has 2 N–H and O–H groups in total. The van der Waals surface area contributed by atoms with Gasteiger partial charge in [-0.3, -0.25) is 4.79 Å². The Labute approximate surface area is 150 Å². The van der Waals surface area contributed by atoms with E-state index in [0.29, 0.717) is 31.0 Å². The largest absolute Gasteiger partial charge is 0.454 e. The van der Waals surface area contributed by atoms with Gasteiger partial charge < -0.3 is 25.0 Å². The molecule has 7 nitrogen and oxygen atoms in total. The van der Waals surface area contributed by atoms with Crippen molar-refractivity contribution in [2.45, 2.75) is 19.0 Å². The molecule has 2 aromatic rings. The van der Waals surface area contributed by atoms with E-state index in [1.807, 2.05) is 48.5 Å². The molecule has 0 bridgehead atoms. The van der Waals surface area contributed by atoms with Crippen molar-refractivity contribution in [3.63, 3.8) is 0 Å². The second-order valence-corrected chi connectivity index (χ2v) is 6.26. The van der Waals surface area contributed by atoms with Crippen molar-refractivity contribution >= 4 is 17.6 Å². The molecule has 4 rings (SSSR count). The molecule has 26 heavy (non-hydrogen) atoms.